The van der Waals surface area contributed by atoms with Gasteiger partial charge < -0.3 is 15.8 Å². The molecule has 1 heterocycles. The predicted octanol–water partition coefficient (Wildman–Crippen LogP) is 2.79. The van der Waals surface area contributed by atoms with E-state index in [0.717, 1.165) is 47.6 Å². The summed E-state index contributed by atoms with van der Waals surface area (Å²) in [6.07, 6.45) is 1.15. The summed E-state index contributed by atoms with van der Waals surface area (Å²) in [5, 5.41) is 3.44. The topological polar surface area (TPSA) is 47.3 Å². The number of nitrogen functional groups attached to an aromatic ring is 1. The number of nitrogens with one attached hydrogen (secondary N) is 1. The summed E-state index contributed by atoms with van der Waals surface area (Å²) in [4.78, 5) is 0. The molecule has 1 atom stereocenters. The third-order valence-corrected chi connectivity index (χ3v) is 3.62. The molecule has 1 saturated heterocycles. The highest BCUT2D eigenvalue weighted by Gasteiger charge is 2.15. The number of hydrogen-bond acceptors (Lipinski definition) is 3. The molecule has 3 nitrogen and oxygen atoms in total. The van der Waals surface area contributed by atoms with Gasteiger partial charge in [-0.05, 0) is 47.0 Å². The van der Waals surface area contributed by atoms with E-state index in [1.165, 1.54) is 0 Å². The van der Waals surface area contributed by atoms with Crippen molar-refractivity contribution in [3.8, 4) is 0 Å². The molecule has 3 N–H and O–H groups in total. The van der Waals surface area contributed by atoms with Gasteiger partial charge in [-0.2, -0.15) is 0 Å². The third-order valence-electron chi connectivity index (χ3n) is 2.96. The number of halogens is 1. The number of aryl methyl sites for hydroxylation is 1. The molecular formula is C12H17BrN2O. The zero-order valence-corrected chi connectivity index (χ0v) is 11.0. The van der Waals surface area contributed by atoms with E-state index in [2.05, 4.69) is 27.3 Å². The van der Waals surface area contributed by atoms with E-state index in [9.17, 15) is 0 Å². The minimum Gasteiger partial charge on any atom is -0.398 e. The van der Waals surface area contributed by atoms with Gasteiger partial charge in [0.05, 0.1) is 6.61 Å². The Labute approximate surface area is 104 Å². The van der Waals surface area contributed by atoms with E-state index in [-0.39, 0.29) is 0 Å². The SMILES string of the molecule is Cc1cc(NCC2CCOC2)c(Br)cc1N. The maximum absolute atomic E-state index is 5.83. The molecule has 16 heavy (non-hydrogen) atoms. The lowest BCUT2D eigenvalue weighted by molar-refractivity contribution is 0.187. The number of benzene rings is 1. The average Bonchev–Trinajstić information content (AvgIpc) is 2.74. The molecule has 1 aliphatic heterocycles. The lowest BCUT2D eigenvalue weighted by atomic mass is 10.1. The van der Waals surface area contributed by atoms with Crippen molar-refractivity contribution in [2.45, 2.75) is 13.3 Å². The standard InChI is InChI=1S/C12H17BrN2O/c1-8-4-12(10(13)5-11(8)14)15-6-9-2-3-16-7-9/h4-5,9,15H,2-3,6-7,14H2,1H3. The number of hydrogen-bond donors (Lipinski definition) is 2. The second kappa shape index (κ2) is 5.06. The van der Waals surface area contributed by atoms with Gasteiger partial charge in [0.25, 0.3) is 0 Å². The van der Waals surface area contributed by atoms with Gasteiger partial charge in [-0.25, -0.2) is 0 Å². The summed E-state index contributed by atoms with van der Waals surface area (Å²) in [5.41, 5.74) is 8.87. The molecule has 1 aromatic carbocycles. The van der Waals surface area contributed by atoms with Crippen LogP contribution in [-0.4, -0.2) is 19.8 Å². The Kier molecular flexibility index (Phi) is 3.71. The summed E-state index contributed by atoms with van der Waals surface area (Å²) in [5.74, 6) is 0.629. The Hall–Kier alpha value is -0.740. The van der Waals surface area contributed by atoms with Crippen LogP contribution in [-0.2, 0) is 4.74 Å². The molecule has 1 fully saturated rings. The van der Waals surface area contributed by atoms with Gasteiger partial charge in [0.1, 0.15) is 0 Å². The summed E-state index contributed by atoms with van der Waals surface area (Å²) in [6.45, 7) is 4.75. The van der Waals surface area contributed by atoms with E-state index in [1.54, 1.807) is 0 Å². The highest BCUT2D eigenvalue weighted by molar-refractivity contribution is 9.10. The van der Waals surface area contributed by atoms with Crippen molar-refractivity contribution in [2.24, 2.45) is 5.92 Å². The van der Waals surface area contributed by atoms with Crippen LogP contribution < -0.4 is 11.1 Å². The average molecular weight is 285 g/mol. The maximum Gasteiger partial charge on any atom is 0.0511 e. The van der Waals surface area contributed by atoms with Crippen LogP contribution in [0, 0.1) is 12.8 Å². The molecule has 0 spiro atoms. The van der Waals surface area contributed by atoms with Gasteiger partial charge in [0, 0.05) is 34.9 Å². The largest absolute Gasteiger partial charge is 0.398 e. The fourth-order valence-electron chi connectivity index (χ4n) is 1.83. The molecule has 1 unspecified atom stereocenters. The number of nitrogens with two attached hydrogens (primary N) is 1. The second-order valence-electron chi connectivity index (χ2n) is 4.30. The van der Waals surface area contributed by atoms with E-state index >= 15 is 0 Å². The Bertz CT molecular complexity index is 376. The maximum atomic E-state index is 5.83. The molecular weight excluding hydrogens is 268 g/mol. The van der Waals surface area contributed by atoms with Crippen LogP contribution in [0.15, 0.2) is 16.6 Å². The molecule has 0 aromatic heterocycles. The van der Waals surface area contributed by atoms with Crippen LogP contribution >= 0.6 is 15.9 Å². The Morgan fingerprint density at radius 2 is 2.38 bits per heavy atom. The lowest BCUT2D eigenvalue weighted by Gasteiger charge is -2.13. The number of anilines is 2. The van der Waals surface area contributed by atoms with Gasteiger partial charge in [0.15, 0.2) is 0 Å². The first-order chi connectivity index (χ1) is 7.66. The van der Waals surface area contributed by atoms with Crippen molar-refractivity contribution in [1.82, 2.24) is 0 Å². The lowest BCUT2D eigenvalue weighted by Crippen LogP contribution is -2.14. The van der Waals surface area contributed by atoms with Gasteiger partial charge >= 0.3 is 0 Å². The fourth-order valence-corrected chi connectivity index (χ4v) is 2.33. The van der Waals surface area contributed by atoms with E-state index in [4.69, 9.17) is 10.5 Å². The highest BCUT2D eigenvalue weighted by atomic mass is 79.9. The van der Waals surface area contributed by atoms with Crippen LogP contribution in [0.2, 0.25) is 0 Å². The zero-order chi connectivity index (χ0) is 11.5. The normalized spacial score (nSPS) is 20.0. The van der Waals surface area contributed by atoms with Crippen LogP contribution in [0.25, 0.3) is 0 Å². The first-order valence-electron chi connectivity index (χ1n) is 5.54. The van der Waals surface area contributed by atoms with Gasteiger partial charge in [-0.3, -0.25) is 0 Å². The van der Waals surface area contributed by atoms with Crippen molar-refractivity contribution in [3.05, 3.63) is 22.2 Å². The summed E-state index contributed by atoms with van der Waals surface area (Å²) in [7, 11) is 0. The quantitative estimate of drug-likeness (QED) is 0.839. The van der Waals surface area contributed by atoms with Crippen molar-refractivity contribution in [1.29, 1.82) is 0 Å². The molecule has 1 aromatic rings. The monoisotopic (exact) mass is 284 g/mol. The minimum absolute atomic E-state index is 0.629. The molecule has 2 rings (SSSR count). The minimum atomic E-state index is 0.629. The van der Waals surface area contributed by atoms with Gasteiger partial charge in [-0.1, -0.05) is 0 Å². The Morgan fingerprint density at radius 3 is 3.06 bits per heavy atom. The van der Waals surface area contributed by atoms with Crippen LogP contribution in [0.3, 0.4) is 0 Å². The first-order valence-corrected chi connectivity index (χ1v) is 6.33. The van der Waals surface area contributed by atoms with Gasteiger partial charge in [-0.15, -0.1) is 0 Å². The molecule has 0 saturated carbocycles. The molecule has 0 radical (unpaired) electrons. The number of ether oxygens (including phenoxy) is 1. The second-order valence-corrected chi connectivity index (χ2v) is 5.15. The van der Waals surface area contributed by atoms with Crippen molar-refractivity contribution in [3.63, 3.8) is 0 Å². The molecule has 0 aliphatic carbocycles. The molecule has 1 aliphatic rings. The van der Waals surface area contributed by atoms with E-state index in [1.807, 2.05) is 13.0 Å². The predicted molar refractivity (Wildman–Crippen MR) is 70.7 cm³/mol. The van der Waals surface area contributed by atoms with Gasteiger partial charge in [0.2, 0.25) is 0 Å². The fraction of sp³-hybridized carbons (Fsp3) is 0.500. The van der Waals surface area contributed by atoms with Crippen LogP contribution in [0.1, 0.15) is 12.0 Å². The summed E-state index contributed by atoms with van der Waals surface area (Å²) in [6, 6.07) is 4.03. The van der Waals surface area contributed by atoms with E-state index < -0.39 is 0 Å². The Balaban J connectivity index is 2.00. The van der Waals surface area contributed by atoms with Crippen molar-refractivity contribution in [2.75, 3.05) is 30.8 Å². The van der Waals surface area contributed by atoms with Crippen molar-refractivity contribution < 1.29 is 4.74 Å². The van der Waals surface area contributed by atoms with E-state index in [0.29, 0.717) is 5.92 Å². The zero-order valence-electron chi connectivity index (χ0n) is 9.42. The molecule has 0 amide bonds. The molecule has 4 heteroatoms. The summed E-state index contributed by atoms with van der Waals surface area (Å²) < 4.78 is 6.37. The summed E-state index contributed by atoms with van der Waals surface area (Å²) >= 11 is 3.52. The third kappa shape index (κ3) is 2.68. The number of rotatable bonds is 3. The first kappa shape index (κ1) is 11.7. The highest BCUT2D eigenvalue weighted by Crippen LogP contribution is 2.28. The van der Waals surface area contributed by atoms with Crippen LogP contribution in [0.4, 0.5) is 11.4 Å². The van der Waals surface area contributed by atoms with Crippen molar-refractivity contribution >= 4 is 27.3 Å². The molecule has 88 valence electrons. The molecule has 0 bridgehead atoms. The van der Waals surface area contributed by atoms with Crippen LogP contribution in [0.5, 0.6) is 0 Å². The Morgan fingerprint density at radius 1 is 1.56 bits per heavy atom. The smallest absolute Gasteiger partial charge is 0.0511 e.